The summed E-state index contributed by atoms with van der Waals surface area (Å²) in [4.78, 5) is 11.8. The molecule has 25 heavy (non-hydrogen) atoms. The molecule has 2 rings (SSSR count). The Hall–Kier alpha value is -2.15. The van der Waals surface area contributed by atoms with Crippen LogP contribution in [-0.2, 0) is 21.4 Å². The first-order valence-electron chi connectivity index (χ1n) is 7.69. The number of halogens is 1. The van der Waals surface area contributed by atoms with Crippen LogP contribution >= 0.6 is 11.6 Å². The second kappa shape index (κ2) is 9.36. The van der Waals surface area contributed by atoms with E-state index in [1.807, 2.05) is 36.4 Å². The molecule has 0 aliphatic heterocycles. The van der Waals surface area contributed by atoms with Crippen LogP contribution in [0.25, 0.3) is 6.08 Å². The van der Waals surface area contributed by atoms with Crippen molar-refractivity contribution in [3.05, 3.63) is 76.2 Å². The van der Waals surface area contributed by atoms with Gasteiger partial charge in [-0.05, 0) is 23.3 Å². The van der Waals surface area contributed by atoms with Gasteiger partial charge >= 0.3 is 0 Å². The van der Waals surface area contributed by atoms with Gasteiger partial charge in [-0.25, -0.2) is 13.1 Å². The molecule has 0 saturated heterocycles. The van der Waals surface area contributed by atoms with Crippen LogP contribution in [-0.4, -0.2) is 20.9 Å². The third-order valence-corrected chi connectivity index (χ3v) is 4.80. The van der Waals surface area contributed by atoms with Crippen molar-refractivity contribution in [3.8, 4) is 0 Å². The van der Waals surface area contributed by atoms with Crippen LogP contribution < -0.4 is 10.0 Å². The molecule has 0 aliphatic carbocycles. The molecule has 0 atom stereocenters. The van der Waals surface area contributed by atoms with Crippen molar-refractivity contribution in [2.45, 2.75) is 13.0 Å². The molecule has 2 aromatic carbocycles. The maximum atomic E-state index is 11.9. The smallest absolute Gasteiger partial charge is 0.233 e. The highest BCUT2D eigenvalue weighted by Gasteiger charge is 2.07. The first-order valence-corrected chi connectivity index (χ1v) is 9.61. The van der Waals surface area contributed by atoms with Gasteiger partial charge in [-0.3, -0.25) is 4.79 Å². The number of rotatable bonds is 8. The third-order valence-electron chi connectivity index (χ3n) is 3.33. The minimum Gasteiger partial charge on any atom is -0.352 e. The zero-order chi connectivity index (χ0) is 18.1. The molecule has 132 valence electrons. The fourth-order valence-corrected chi connectivity index (χ4v) is 3.03. The molecule has 2 N–H and O–H groups in total. The Morgan fingerprint density at radius 2 is 1.72 bits per heavy atom. The Morgan fingerprint density at radius 3 is 2.44 bits per heavy atom. The van der Waals surface area contributed by atoms with Crippen molar-refractivity contribution < 1.29 is 13.2 Å². The first-order chi connectivity index (χ1) is 12.0. The van der Waals surface area contributed by atoms with Gasteiger partial charge in [0.1, 0.15) is 0 Å². The van der Waals surface area contributed by atoms with Crippen molar-refractivity contribution in [1.29, 1.82) is 0 Å². The maximum Gasteiger partial charge on any atom is 0.233 e. The zero-order valence-electron chi connectivity index (χ0n) is 13.5. The van der Waals surface area contributed by atoms with E-state index in [1.54, 1.807) is 18.2 Å². The van der Waals surface area contributed by atoms with Crippen LogP contribution in [0, 0.1) is 0 Å². The van der Waals surface area contributed by atoms with Gasteiger partial charge in [0.25, 0.3) is 0 Å². The lowest BCUT2D eigenvalue weighted by Crippen LogP contribution is -2.29. The van der Waals surface area contributed by atoms with Crippen LogP contribution in [0.4, 0.5) is 0 Å². The standard InChI is InChI=1S/C18H19ClN2O3S/c19-17-9-5-4-8-16(17)14-20-18(22)10-12-21-25(23,24)13-11-15-6-2-1-3-7-15/h1-9,11,13,21H,10,12,14H2,(H,20,22)/b13-11+. The lowest BCUT2D eigenvalue weighted by atomic mass is 10.2. The van der Waals surface area contributed by atoms with Crippen LogP contribution in [0.3, 0.4) is 0 Å². The molecule has 7 heteroatoms. The van der Waals surface area contributed by atoms with Gasteiger partial charge < -0.3 is 5.32 Å². The average molecular weight is 379 g/mol. The normalized spacial score (nSPS) is 11.6. The molecule has 0 fully saturated rings. The number of sulfonamides is 1. The van der Waals surface area contributed by atoms with Crippen molar-refractivity contribution in [1.82, 2.24) is 10.0 Å². The molecule has 0 unspecified atom stereocenters. The van der Waals surface area contributed by atoms with Crippen molar-refractivity contribution in [2.75, 3.05) is 6.54 Å². The van der Waals surface area contributed by atoms with E-state index in [-0.39, 0.29) is 18.9 Å². The molecule has 0 saturated carbocycles. The number of hydrogen-bond donors (Lipinski definition) is 2. The van der Waals surface area contributed by atoms with Crippen LogP contribution in [0.5, 0.6) is 0 Å². The van der Waals surface area contributed by atoms with Crippen LogP contribution in [0.2, 0.25) is 5.02 Å². The van der Waals surface area contributed by atoms with E-state index in [4.69, 9.17) is 11.6 Å². The Morgan fingerprint density at radius 1 is 1.04 bits per heavy atom. The molecular weight excluding hydrogens is 360 g/mol. The Kier molecular flexibility index (Phi) is 7.18. The molecule has 5 nitrogen and oxygen atoms in total. The number of hydrogen-bond acceptors (Lipinski definition) is 3. The molecule has 0 spiro atoms. The highest BCUT2D eigenvalue weighted by atomic mass is 35.5. The Balaban J connectivity index is 1.74. The van der Waals surface area contributed by atoms with E-state index in [9.17, 15) is 13.2 Å². The summed E-state index contributed by atoms with van der Waals surface area (Å²) in [7, 11) is -3.58. The van der Waals surface area contributed by atoms with E-state index in [0.717, 1.165) is 16.5 Å². The first kappa shape index (κ1) is 19.2. The predicted octanol–water partition coefficient (Wildman–Crippen LogP) is 2.94. The average Bonchev–Trinajstić information content (AvgIpc) is 2.60. The summed E-state index contributed by atoms with van der Waals surface area (Å²) in [6.45, 7) is 0.328. The predicted molar refractivity (Wildman–Crippen MR) is 100 cm³/mol. The van der Waals surface area contributed by atoms with E-state index < -0.39 is 10.0 Å². The summed E-state index contributed by atoms with van der Waals surface area (Å²) in [6, 6.07) is 16.3. The topological polar surface area (TPSA) is 75.3 Å². The second-order valence-electron chi connectivity index (χ2n) is 5.27. The summed E-state index contributed by atoms with van der Waals surface area (Å²) in [5.41, 5.74) is 1.59. The van der Waals surface area contributed by atoms with Gasteiger partial charge in [0, 0.05) is 29.9 Å². The highest BCUT2D eigenvalue weighted by molar-refractivity contribution is 7.92. The Bertz CT molecular complexity index is 836. The van der Waals surface area contributed by atoms with Gasteiger partial charge in [0.15, 0.2) is 0 Å². The molecule has 0 aliphatic rings. The zero-order valence-corrected chi connectivity index (χ0v) is 15.1. The molecular formula is C18H19ClN2O3S. The molecule has 0 bridgehead atoms. The van der Waals surface area contributed by atoms with Crippen LogP contribution in [0.1, 0.15) is 17.5 Å². The molecule has 1 amide bonds. The van der Waals surface area contributed by atoms with Crippen molar-refractivity contribution in [3.63, 3.8) is 0 Å². The summed E-state index contributed by atoms with van der Waals surface area (Å²) < 4.78 is 26.1. The fourth-order valence-electron chi connectivity index (χ4n) is 2.01. The molecule has 2 aromatic rings. The summed E-state index contributed by atoms with van der Waals surface area (Å²) >= 11 is 6.01. The minimum atomic E-state index is -3.58. The highest BCUT2D eigenvalue weighted by Crippen LogP contribution is 2.14. The maximum absolute atomic E-state index is 11.9. The van der Waals surface area contributed by atoms with Crippen molar-refractivity contribution in [2.24, 2.45) is 0 Å². The van der Waals surface area contributed by atoms with Gasteiger partial charge in [0.05, 0.1) is 0 Å². The van der Waals surface area contributed by atoms with E-state index >= 15 is 0 Å². The van der Waals surface area contributed by atoms with Gasteiger partial charge in [-0.1, -0.05) is 60.1 Å². The summed E-state index contributed by atoms with van der Waals surface area (Å²) in [5.74, 6) is -0.255. The molecule has 0 aromatic heterocycles. The van der Waals surface area contributed by atoms with Gasteiger partial charge in [-0.15, -0.1) is 0 Å². The lowest BCUT2D eigenvalue weighted by Gasteiger charge is -2.07. The molecule has 0 heterocycles. The number of amides is 1. The number of nitrogens with one attached hydrogen (secondary N) is 2. The SMILES string of the molecule is O=C(CCNS(=O)(=O)/C=C/c1ccccc1)NCc1ccccc1Cl. The molecule has 0 radical (unpaired) electrons. The van der Waals surface area contributed by atoms with Crippen LogP contribution in [0.15, 0.2) is 60.0 Å². The van der Waals surface area contributed by atoms with Gasteiger partial charge in [-0.2, -0.15) is 0 Å². The summed E-state index contributed by atoms with van der Waals surface area (Å²) in [5, 5.41) is 4.37. The Labute approximate surface area is 152 Å². The van der Waals surface area contributed by atoms with E-state index in [0.29, 0.717) is 11.6 Å². The number of benzene rings is 2. The van der Waals surface area contributed by atoms with Crippen molar-refractivity contribution >= 4 is 33.6 Å². The fraction of sp³-hybridized carbons (Fsp3) is 0.167. The van der Waals surface area contributed by atoms with E-state index in [1.165, 1.54) is 6.08 Å². The third kappa shape index (κ3) is 7.09. The number of carbonyl (C=O) groups is 1. The van der Waals surface area contributed by atoms with Gasteiger partial charge in [0.2, 0.25) is 15.9 Å². The quantitative estimate of drug-likeness (QED) is 0.741. The largest absolute Gasteiger partial charge is 0.352 e. The minimum absolute atomic E-state index is 0.0236. The van der Waals surface area contributed by atoms with E-state index in [2.05, 4.69) is 10.0 Å². The lowest BCUT2D eigenvalue weighted by molar-refractivity contribution is -0.121. The monoisotopic (exact) mass is 378 g/mol. The second-order valence-corrected chi connectivity index (χ2v) is 7.33. The summed E-state index contributed by atoms with van der Waals surface area (Å²) in [6.07, 6.45) is 1.54. The number of carbonyl (C=O) groups excluding carboxylic acids is 1.